The highest BCUT2D eigenvalue weighted by molar-refractivity contribution is 5.99. The van der Waals surface area contributed by atoms with Crippen molar-refractivity contribution >= 4 is 11.8 Å². The lowest BCUT2D eigenvalue weighted by Gasteiger charge is -2.15. The Morgan fingerprint density at radius 1 is 0.889 bits per heavy atom. The van der Waals surface area contributed by atoms with Crippen LogP contribution in [-0.2, 0) is 12.8 Å². The first-order chi connectivity index (χ1) is 8.52. The van der Waals surface area contributed by atoms with Crippen LogP contribution in [0.15, 0.2) is 12.1 Å². The minimum atomic E-state index is -0.645. The number of aliphatic hydroxyl groups excluding tert-OH is 2. The van der Waals surface area contributed by atoms with Crippen molar-refractivity contribution in [1.82, 2.24) is 0 Å². The molecule has 0 heterocycles. The highest BCUT2D eigenvalue weighted by Gasteiger charge is 2.18. The molecule has 0 aliphatic rings. The fourth-order valence-electron chi connectivity index (χ4n) is 1.95. The molecular weight excluding hydrogens is 236 g/mol. The molecule has 1 aromatic carbocycles. The van der Waals surface area contributed by atoms with Gasteiger partial charge < -0.3 is 21.7 Å². The van der Waals surface area contributed by atoms with E-state index < -0.39 is 11.8 Å². The van der Waals surface area contributed by atoms with Gasteiger partial charge in [0.25, 0.3) is 0 Å². The molecule has 0 spiro atoms. The minimum Gasteiger partial charge on any atom is -0.396 e. The molecule has 0 aromatic heterocycles. The second kappa shape index (κ2) is 6.13. The zero-order valence-electron chi connectivity index (χ0n) is 9.85. The zero-order chi connectivity index (χ0) is 13.7. The molecule has 0 saturated heterocycles. The molecule has 0 aliphatic heterocycles. The van der Waals surface area contributed by atoms with Crippen LogP contribution in [0.25, 0.3) is 0 Å². The molecule has 0 unspecified atom stereocenters. The second-order valence-corrected chi connectivity index (χ2v) is 3.79. The van der Waals surface area contributed by atoms with E-state index in [2.05, 4.69) is 0 Å². The first-order valence-electron chi connectivity index (χ1n) is 5.49. The molecule has 1 rings (SSSR count). The summed E-state index contributed by atoms with van der Waals surface area (Å²) < 4.78 is 0. The lowest BCUT2D eigenvalue weighted by molar-refractivity contribution is 0.0986. The van der Waals surface area contributed by atoms with Crippen molar-refractivity contribution in [3.05, 3.63) is 34.4 Å². The van der Waals surface area contributed by atoms with Gasteiger partial charge in [0.15, 0.2) is 0 Å². The van der Waals surface area contributed by atoms with Crippen LogP contribution in [0.3, 0.4) is 0 Å². The summed E-state index contributed by atoms with van der Waals surface area (Å²) in [6.07, 6.45) is 0.351. The van der Waals surface area contributed by atoms with E-state index in [1.54, 1.807) is 0 Å². The van der Waals surface area contributed by atoms with E-state index in [0.717, 1.165) is 0 Å². The predicted octanol–water partition coefficient (Wildman–Crippen LogP) is -1.05. The number of carbonyl (C=O) groups is 2. The van der Waals surface area contributed by atoms with E-state index in [4.69, 9.17) is 21.7 Å². The maximum Gasteiger partial charge on any atom is 0.248 e. The summed E-state index contributed by atoms with van der Waals surface area (Å²) in [4.78, 5) is 22.6. The third-order valence-electron chi connectivity index (χ3n) is 2.69. The highest BCUT2D eigenvalue weighted by Crippen LogP contribution is 2.20. The molecule has 0 fully saturated rings. The Morgan fingerprint density at radius 2 is 1.22 bits per heavy atom. The summed E-state index contributed by atoms with van der Waals surface area (Å²) >= 11 is 0. The third kappa shape index (κ3) is 2.85. The number of carbonyl (C=O) groups excluding carboxylic acids is 2. The van der Waals surface area contributed by atoms with E-state index in [1.165, 1.54) is 12.1 Å². The lowest BCUT2D eigenvalue weighted by Crippen LogP contribution is -2.21. The molecule has 0 aliphatic carbocycles. The quantitative estimate of drug-likeness (QED) is 0.515. The molecule has 0 atom stereocenters. The number of rotatable bonds is 6. The van der Waals surface area contributed by atoms with Crippen LogP contribution >= 0.6 is 0 Å². The van der Waals surface area contributed by atoms with Crippen LogP contribution in [0.2, 0.25) is 0 Å². The van der Waals surface area contributed by atoms with Gasteiger partial charge >= 0.3 is 0 Å². The molecule has 18 heavy (non-hydrogen) atoms. The van der Waals surface area contributed by atoms with Gasteiger partial charge in [0, 0.05) is 24.3 Å². The fourth-order valence-corrected chi connectivity index (χ4v) is 1.95. The topological polar surface area (TPSA) is 127 Å². The van der Waals surface area contributed by atoms with Crippen molar-refractivity contribution in [3.8, 4) is 0 Å². The number of hydrogen-bond donors (Lipinski definition) is 4. The molecule has 1 aromatic rings. The van der Waals surface area contributed by atoms with Crippen LogP contribution in [0.1, 0.15) is 31.8 Å². The average molecular weight is 252 g/mol. The Morgan fingerprint density at radius 3 is 1.44 bits per heavy atom. The number of primary amides is 2. The highest BCUT2D eigenvalue weighted by atomic mass is 16.3. The van der Waals surface area contributed by atoms with Crippen LogP contribution in [0, 0.1) is 0 Å². The summed E-state index contributed by atoms with van der Waals surface area (Å²) in [5.41, 5.74) is 11.9. The normalized spacial score (nSPS) is 10.3. The van der Waals surface area contributed by atoms with Crippen molar-refractivity contribution < 1.29 is 19.8 Å². The largest absolute Gasteiger partial charge is 0.396 e. The molecule has 6 heteroatoms. The average Bonchev–Trinajstić information content (AvgIpc) is 2.30. The van der Waals surface area contributed by atoms with Crippen molar-refractivity contribution in [3.63, 3.8) is 0 Å². The van der Waals surface area contributed by atoms with Gasteiger partial charge in [-0.1, -0.05) is 0 Å². The number of nitrogens with two attached hydrogens (primary N) is 2. The number of aliphatic hydroxyl groups is 2. The third-order valence-corrected chi connectivity index (χ3v) is 2.69. The Hall–Kier alpha value is -1.92. The van der Waals surface area contributed by atoms with Crippen molar-refractivity contribution in [2.45, 2.75) is 12.8 Å². The van der Waals surface area contributed by atoms with Crippen LogP contribution in [0.5, 0.6) is 0 Å². The second-order valence-electron chi connectivity index (χ2n) is 3.79. The van der Waals surface area contributed by atoms with Crippen LogP contribution in [0.4, 0.5) is 0 Å². The number of benzene rings is 1. The summed E-state index contributed by atoms with van der Waals surface area (Å²) in [6, 6.07) is 2.82. The van der Waals surface area contributed by atoms with E-state index in [9.17, 15) is 9.59 Å². The monoisotopic (exact) mass is 252 g/mol. The Labute approximate surface area is 104 Å². The van der Waals surface area contributed by atoms with Gasteiger partial charge in [-0.15, -0.1) is 0 Å². The van der Waals surface area contributed by atoms with Gasteiger partial charge in [-0.3, -0.25) is 9.59 Å². The van der Waals surface area contributed by atoms with Gasteiger partial charge in [-0.25, -0.2) is 0 Å². The molecule has 6 nitrogen and oxygen atoms in total. The summed E-state index contributed by atoms with van der Waals surface area (Å²) in [6.45, 7) is -0.387. The maximum atomic E-state index is 11.3. The number of hydrogen-bond acceptors (Lipinski definition) is 4. The first-order valence-corrected chi connectivity index (χ1v) is 5.49. The molecule has 98 valence electrons. The van der Waals surface area contributed by atoms with E-state index in [0.29, 0.717) is 11.1 Å². The van der Waals surface area contributed by atoms with Crippen LogP contribution < -0.4 is 11.5 Å². The SMILES string of the molecule is NC(=O)c1ccc(C(N)=O)c(CCO)c1CCO. The fraction of sp³-hybridized carbons (Fsp3) is 0.333. The van der Waals surface area contributed by atoms with Gasteiger partial charge in [-0.05, 0) is 36.1 Å². The lowest BCUT2D eigenvalue weighted by atomic mass is 9.91. The van der Waals surface area contributed by atoms with Gasteiger partial charge in [-0.2, -0.15) is 0 Å². The molecular formula is C12H16N2O4. The summed E-state index contributed by atoms with van der Waals surface area (Å²) in [7, 11) is 0. The van der Waals surface area contributed by atoms with Gasteiger partial charge in [0.05, 0.1) is 0 Å². The molecule has 6 N–H and O–H groups in total. The van der Waals surface area contributed by atoms with Crippen molar-refractivity contribution in [2.75, 3.05) is 13.2 Å². The molecule has 0 saturated carbocycles. The van der Waals surface area contributed by atoms with E-state index in [-0.39, 0.29) is 37.2 Å². The minimum absolute atomic E-state index is 0.175. The zero-order valence-corrected chi connectivity index (χ0v) is 9.85. The van der Waals surface area contributed by atoms with Crippen molar-refractivity contribution in [2.24, 2.45) is 11.5 Å². The van der Waals surface area contributed by atoms with Gasteiger partial charge in [0.1, 0.15) is 0 Å². The molecule has 2 amide bonds. The first kappa shape index (κ1) is 14.1. The molecule has 0 bridgehead atoms. The number of amides is 2. The Kier molecular flexibility index (Phi) is 4.82. The Balaban J connectivity index is 3.48. The summed E-state index contributed by atoms with van der Waals surface area (Å²) in [5.74, 6) is -1.29. The van der Waals surface area contributed by atoms with E-state index in [1.807, 2.05) is 0 Å². The summed E-state index contributed by atoms with van der Waals surface area (Å²) in [5, 5.41) is 18.0. The smallest absolute Gasteiger partial charge is 0.248 e. The van der Waals surface area contributed by atoms with Gasteiger partial charge in [0.2, 0.25) is 11.8 Å². The molecule has 0 radical (unpaired) electrons. The van der Waals surface area contributed by atoms with Crippen molar-refractivity contribution in [1.29, 1.82) is 0 Å². The van der Waals surface area contributed by atoms with Crippen LogP contribution in [-0.4, -0.2) is 35.2 Å². The standard InChI is InChI=1S/C12H16N2O4/c13-11(17)9-1-2-10(12(14)18)8(4-6-16)7(9)3-5-15/h1-2,15-16H,3-6H2,(H2,13,17)(H2,14,18). The van der Waals surface area contributed by atoms with E-state index >= 15 is 0 Å². The Bertz CT molecular complexity index is 428. The maximum absolute atomic E-state index is 11.3. The predicted molar refractivity (Wildman–Crippen MR) is 65.1 cm³/mol.